The van der Waals surface area contributed by atoms with Gasteiger partial charge in [-0.15, -0.1) is 0 Å². The minimum atomic E-state index is -0.841. The van der Waals surface area contributed by atoms with Gasteiger partial charge in [0.15, 0.2) is 0 Å². The van der Waals surface area contributed by atoms with E-state index in [1.165, 1.54) is 0 Å². The fraction of sp³-hybridized carbons (Fsp3) is 0.333. The lowest BCUT2D eigenvalue weighted by atomic mass is 10.3. The maximum absolute atomic E-state index is 11.1. The summed E-state index contributed by atoms with van der Waals surface area (Å²) >= 11 is 0. The van der Waals surface area contributed by atoms with Gasteiger partial charge in [-0.25, -0.2) is 4.79 Å². The molecule has 0 aliphatic carbocycles. The molecule has 17 heavy (non-hydrogen) atoms. The Morgan fingerprint density at radius 2 is 1.88 bits per heavy atom. The van der Waals surface area contributed by atoms with Crippen LogP contribution in [0.5, 0.6) is 0 Å². The third kappa shape index (κ3) is 5.01. The number of rotatable bonds is 5. The monoisotopic (exact) mass is 236 g/mol. The van der Waals surface area contributed by atoms with Crippen LogP contribution in [0.15, 0.2) is 30.3 Å². The highest BCUT2D eigenvalue weighted by Crippen LogP contribution is 2.03. The number of amides is 1. The van der Waals surface area contributed by atoms with Gasteiger partial charge in [-0.2, -0.15) is 0 Å². The molecule has 0 saturated carbocycles. The number of para-hydroxylation sites is 1. The molecule has 0 aliphatic rings. The molecule has 2 N–H and O–H groups in total. The number of carbonyl (C=O) groups is 2. The van der Waals surface area contributed by atoms with Crippen molar-refractivity contribution in [3.05, 3.63) is 30.3 Å². The first-order valence-corrected chi connectivity index (χ1v) is 5.48. The van der Waals surface area contributed by atoms with Crippen molar-refractivity contribution in [2.75, 3.05) is 25.0 Å². The number of esters is 1. The Kier molecular flexibility index (Phi) is 5.57. The van der Waals surface area contributed by atoms with Gasteiger partial charge in [0.05, 0.1) is 6.61 Å². The van der Waals surface area contributed by atoms with Crippen LogP contribution in [-0.4, -0.2) is 31.6 Å². The van der Waals surface area contributed by atoms with Crippen LogP contribution in [-0.2, 0) is 14.3 Å². The van der Waals surface area contributed by atoms with Gasteiger partial charge in [0, 0.05) is 18.8 Å². The predicted molar refractivity (Wildman–Crippen MR) is 64.6 cm³/mol. The van der Waals surface area contributed by atoms with Gasteiger partial charge in [-0.1, -0.05) is 18.2 Å². The van der Waals surface area contributed by atoms with Crippen LogP contribution >= 0.6 is 0 Å². The van der Waals surface area contributed by atoms with E-state index in [-0.39, 0.29) is 6.61 Å². The second kappa shape index (κ2) is 7.27. The van der Waals surface area contributed by atoms with Crippen molar-refractivity contribution in [3.8, 4) is 0 Å². The maximum atomic E-state index is 11.1. The number of hydrogen-bond donors (Lipinski definition) is 2. The first-order chi connectivity index (χ1) is 8.24. The topological polar surface area (TPSA) is 67.4 Å². The first kappa shape index (κ1) is 13.0. The normalized spacial score (nSPS) is 9.47. The van der Waals surface area contributed by atoms with Crippen LogP contribution < -0.4 is 10.6 Å². The van der Waals surface area contributed by atoms with Crippen molar-refractivity contribution in [2.24, 2.45) is 0 Å². The fourth-order valence-electron chi connectivity index (χ4n) is 1.21. The summed E-state index contributed by atoms with van der Waals surface area (Å²) in [6, 6.07) is 9.60. The number of hydrogen-bond acceptors (Lipinski definition) is 4. The van der Waals surface area contributed by atoms with E-state index in [2.05, 4.69) is 15.4 Å². The average Bonchev–Trinajstić information content (AvgIpc) is 2.36. The van der Waals surface area contributed by atoms with Gasteiger partial charge < -0.3 is 15.4 Å². The largest absolute Gasteiger partial charge is 0.459 e. The summed E-state index contributed by atoms with van der Waals surface area (Å²) in [6.07, 6.45) is 0. The zero-order valence-electron chi connectivity index (χ0n) is 9.73. The summed E-state index contributed by atoms with van der Waals surface area (Å²) in [5.41, 5.74) is 0.970. The number of nitrogens with one attached hydrogen (secondary N) is 2. The Morgan fingerprint density at radius 3 is 2.53 bits per heavy atom. The lowest BCUT2D eigenvalue weighted by Gasteiger charge is -2.07. The van der Waals surface area contributed by atoms with E-state index in [4.69, 9.17) is 0 Å². The Hall–Kier alpha value is -2.04. The van der Waals surface area contributed by atoms with Crippen molar-refractivity contribution in [1.29, 1.82) is 0 Å². The van der Waals surface area contributed by atoms with E-state index in [0.717, 1.165) is 5.69 Å². The molecule has 1 amide bonds. The highest BCUT2D eigenvalue weighted by molar-refractivity contribution is 6.32. The molecule has 1 rings (SSSR count). The van der Waals surface area contributed by atoms with Gasteiger partial charge in [0.2, 0.25) is 0 Å². The molecule has 5 nitrogen and oxygen atoms in total. The summed E-state index contributed by atoms with van der Waals surface area (Å²) in [6.45, 7) is 2.78. The van der Waals surface area contributed by atoms with Crippen LogP contribution in [0.3, 0.4) is 0 Å². The number of anilines is 1. The highest BCUT2D eigenvalue weighted by Gasteiger charge is 2.12. The highest BCUT2D eigenvalue weighted by atomic mass is 16.5. The van der Waals surface area contributed by atoms with Crippen molar-refractivity contribution in [2.45, 2.75) is 6.92 Å². The molecule has 0 fully saturated rings. The summed E-state index contributed by atoms with van der Waals surface area (Å²) in [5, 5.41) is 5.57. The molecule has 92 valence electrons. The molecule has 0 bridgehead atoms. The molecule has 0 spiro atoms. The first-order valence-electron chi connectivity index (χ1n) is 5.48. The Labute approximate surface area is 100 Å². The third-order valence-corrected chi connectivity index (χ3v) is 1.97. The standard InChI is InChI=1S/C12H16N2O3/c1-2-17-12(16)11(15)14-9-8-13-10-6-4-3-5-7-10/h3-7,13H,2,8-9H2,1H3,(H,14,15). The van der Waals surface area contributed by atoms with Crippen molar-refractivity contribution in [3.63, 3.8) is 0 Å². The van der Waals surface area contributed by atoms with Crippen LogP contribution in [0.4, 0.5) is 5.69 Å². The van der Waals surface area contributed by atoms with E-state index in [0.29, 0.717) is 13.1 Å². The molecule has 0 saturated heterocycles. The SMILES string of the molecule is CCOC(=O)C(=O)NCCNc1ccccc1. The number of ether oxygens (including phenoxy) is 1. The van der Waals surface area contributed by atoms with Gasteiger partial charge in [0.1, 0.15) is 0 Å². The van der Waals surface area contributed by atoms with E-state index in [9.17, 15) is 9.59 Å². The second-order valence-electron chi connectivity index (χ2n) is 3.27. The molecule has 1 aromatic carbocycles. The zero-order chi connectivity index (χ0) is 12.5. The number of carbonyl (C=O) groups excluding carboxylic acids is 2. The lowest BCUT2D eigenvalue weighted by molar-refractivity contribution is -0.154. The minimum absolute atomic E-state index is 0.203. The summed E-state index contributed by atoms with van der Waals surface area (Å²) in [5.74, 6) is -1.55. The quantitative estimate of drug-likeness (QED) is 0.450. The Balaban J connectivity index is 2.16. The van der Waals surface area contributed by atoms with Crippen molar-refractivity contribution < 1.29 is 14.3 Å². The third-order valence-electron chi connectivity index (χ3n) is 1.97. The zero-order valence-corrected chi connectivity index (χ0v) is 9.73. The molecule has 0 aliphatic heterocycles. The Morgan fingerprint density at radius 1 is 1.18 bits per heavy atom. The Bertz CT molecular complexity index is 365. The molecule has 0 aromatic heterocycles. The van der Waals surface area contributed by atoms with Crippen LogP contribution in [0.1, 0.15) is 6.92 Å². The molecule has 0 radical (unpaired) electrons. The van der Waals surface area contributed by atoms with Gasteiger partial charge in [-0.05, 0) is 19.1 Å². The van der Waals surface area contributed by atoms with E-state index in [1.54, 1.807) is 6.92 Å². The average molecular weight is 236 g/mol. The molecule has 0 unspecified atom stereocenters. The lowest BCUT2D eigenvalue weighted by Crippen LogP contribution is -2.35. The summed E-state index contributed by atoms with van der Waals surface area (Å²) in [4.78, 5) is 22.1. The number of benzene rings is 1. The van der Waals surface area contributed by atoms with Crippen molar-refractivity contribution in [1.82, 2.24) is 5.32 Å². The van der Waals surface area contributed by atoms with E-state index >= 15 is 0 Å². The second-order valence-corrected chi connectivity index (χ2v) is 3.27. The summed E-state index contributed by atoms with van der Waals surface area (Å²) in [7, 11) is 0. The van der Waals surface area contributed by atoms with Gasteiger partial charge >= 0.3 is 11.9 Å². The van der Waals surface area contributed by atoms with Crippen LogP contribution in [0.25, 0.3) is 0 Å². The van der Waals surface area contributed by atoms with Crippen LogP contribution in [0, 0.1) is 0 Å². The molecule has 1 aromatic rings. The van der Waals surface area contributed by atoms with Gasteiger partial charge in [-0.3, -0.25) is 4.79 Å². The van der Waals surface area contributed by atoms with E-state index in [1.807, 2.05) is 30.3 Å². The van der Waals surface area contributed by atoms with Crippen LogP contribution in [0.2, 0.25) is 0 Å². The van der Waals surface area contributed by atoms with Crippen molar-refractivity contribution >= 4 is 17.6 Å². The molecular weight excluding hydrogens is 220 g/mol. The smallest absolute Gasteiger partial charge is 0.396 e. The molecule has 0 atom stereocenters. The van der Waals surface area contributed by atoms with Gasteiger partial charge in [0.25, 0.3) is 0 Å². The fourth-order valence-corrected chi connectivity index (χ4v) is 1.21. The predicted octanol–water partition coefficient (Wildman–Crippen LogP) is 0.778. The molecule has 5 heteroatoms. The molecule has 0 heterocycles. The summed E-state index contributed by atoms with van der Waals surface area (Å²) < 4.78 is 4.55. The molecular formula is C12H16N2O3. The van der Waals surface area contributed by atoms with E-state index < -0.39 is 11.9 Å². The maximum Gasteiger partial charge on any atom is 0.396 e. The minimum Gasteiger partial charge on any atom is -0.459 e.